The van der Waals surface area contributed by atoms with E-state index in [0.29, 0.717) is 11.3 Å². The number of halogens is 1. The van der Waals surface area contributed by atoms with Crippen molar-refractivity contribution < 1.29 is 13.9 Å². The predicted octanol–water partition coefficient (Wildman–Crippen LogP) is 3.31. The van der Waals surface area contributed by atoms with E-state index in [-0.39, 0.29) is 5.76 Å². The molecular formula is C16H14BrN3O3. The molecule has 118 valence electrons. The van der Waals surface area contributed by atoms with Gasteiger partial charge in [0.25, 0.3) is 0 Å². The highest BCUT2D eigenvalue weighted by Gasteiger charge is 2.15. The number of amides is 1. The lowest BCUT2D eigenvalue weighted by Crippen LogP contribution is -2.17. The molecule has 3 rings (SSSR count). The van der Waals surface area contributed by atoms with Crippen LogP contribution < -0.4 is 10.2 Å². The van der Waals surface area contributed by atoms with Crippen LogP contribution in [0.25, 0.3) is 11.0 Å². The number of nitrogens with one attached hydrogen (secondary N) is 1. The number of rotatable bonds is 4. The van der Waals surface area contributed by atoms with Crippen molar-refractivity contribution in [3.8, 4) is 5.75 Å². The van der Waals surface area contributed by atoms with Gasteiger partial charge in [-0.05, 0) is 30.3 Å². The smallest absolute Gasteiger partial charge is 0.307 e. The number of carbonyl (C=O) groups is 1. The van der Waals surface area contributed by atoms with Crippen LogP contribution in [0, 0.1) is 0 Å². The molecular weight excluding hydrogens is 362 g/mol. The Morgan fingerprint density at radius 2 is 2.26 bits per heavy atom. The van der Waals surface area contributed by atoms with Crippen molar-refractivity contribution in [2.24, 2.45) is 12.1 Å². The molecule has 0 spiro atoms. The standard InChI is InChI=1S/C16H14BrN3O3/c1-20-5-3-4-12(20)9-18-19-16(21)14-7-10-6-11(17)8-13(22-2)15(10)23-14/h3-9H,1-2H3,(H,19,21)/b18-9-. The number of ether oxygens (including phenoxy) is 1. The number of hydrazone groups is 1. The van der Waals surface area contributed by atoms with Crippen molar-refractivity contribution in [3.63, 3.8) is 0 Å². The second kappa shape index (κ2) is 6.29. The highest BCUT2D eigenvalue weighted by molar-refractivity contribution is 9.10. The van der Waals surface area contributed by atoms with E-state index >= 15 is 0 Å². The van der Waals surface area contributed by atoms with E-state index in [2.05, 4.69) is 26.5 Å². The molecule has 0 bridgehead atoms. The van der Waals surface area contributed by atoms with Gasteiger partial charge < -0.3 is 13.7 Å². The molecule has 1 amide bonds. The van der Waals surface area contributed by atoms with Crippen molar-refractivity contribution in [3.05, 3.63) is 52.5 Å². The minimum atomic E-state index is -0.426. The van der Waals surface area contributed by atoms with E-state index in [9.17, 15) is 4.79 Å². The monoisotopic (exact) mass is 375 g/mol. The molecule has 0 aliphatic carbocycles. The van der Waals surface area contributed by atoms with E-state index in [1.807, 2.05) is 36.0 Å². The quantitative estimate of drug-likeness (QED) is 0.561. The molecule has 0 aliphatic heterocycles. The van der Waals surface area contributed by atoms with Crippen molar-refractivity contribution in [2.45, 2.75) is 0 Å². The van der Waals surface area contributed by atoms with Gasteiger partial charge in [-0.2, -0.15) is 5.10 Å². The lowest BCUT2D eigenvalue weighted by molar-refractivity contribution is 0.0929. The third-order valence-electron chi connectivity index (χ3n) is 3.34. The summed E-state index contributed by atoms with van der Waals surface area (Å²) in [5.41, 5.74) is 3.84. The van der Waals surface area contributed by atoms with Gasteiger partial charge in [-0.3, -0.25) is 4.79 Å². The molecule has 1 aromatic carbocycles. The number of carbonyl (C=O) groups excluding carboxylic acids is 1. The summed E-state index contributed by atoms with van der Waals surface area (Å²) < 4.78 is 13.6. The Kier molecular flexibility index (Phi) is 4.20. The number of benzene rings is 1. The van der Waals surface area contributed by atoms with Crippen LogP contribution >= 0.6 is 15.9 Å². The van der Waals surface area contributed by atoms with Gasteiger partial charge in [0.05, 0.1) is 19.0 Å². The summed E-state index contributed by atoms with van der Waals surface area (Å²) in [7, 11) is 3.44. The normalized spacial score (nSPS) is 11.3. The highest BCUT2D eigenvalue weighted by Crippen LogP contribution is 2.32. The van der Waals surface area contributed by atoms with Crippen LogP contribution in [0.5, 0.6) is 5.75 Å². The van der Waals surface area contributed by atoms with Crippen LogP contribution in [0.2, 0.25) is 0 Å². The lowest BCUT2D eigenvalue weighted by Gasteiger charge is -2.00. The third-order valence-corrected chi connectivity index (χ3v) is 3.80. The van der Waals surface area contributed by atoms with Crippen LogP contribution in [0.3, 0.4) is 0 Å². The molecule has 7 heteroatoms. The lowest BCUT2D eigenvalue weighted by atomic mass is 10.2. The van der Waals surface area contributed by atoms with Crippen molar-refractivity contribution >= 4 is 39.0 Å². The van der Waals surface area contributed by atoms with Crippen molar-refractivity contribution in [1.29, 1.82) is 0 Å². The number of fused-ring (bicyclic) bond motifs is 1. The molecule has 23 heavy (non-hydrogen) atoms. The van der Waals surface area contributed by atoms with Gasteiger partial charge in [-0.25, -0.2) is 5.43 Å². The van der Waals surface area contributed by atoms with Crippen LogP contribution in [-0.4, -0.2) is 23.8 Å². The number of aromatic nitrogens is 1. The molecule has 1 N–H and O–H groups in total. The van der Waals surface area contributed by atoms with E-state index < -0.39 is 5.91 Å². The van der Waals surface area contributed by atoms with Crippen LogP contribution in [0.1, 0.15) is 16.2 Å². The molecule has 0 unspecified atom stereocenters. The maximum absolute atomic E-state index is 12.1. The number of aryl methyl sites for hydroxylation is 1. The SMILES string of the molecule is COc1cc(Br)cc2cc(C(=O)N/N=C\c3cccn3C)oc12. The Morgan fingerprint density at radius 3 is 2.96 bits per heavy atom. The van der Waals surface area contributed by atoms with Gasteiger partial charge in [-0.15, -0.1) is 0 Å². The molecule has 0 atom stereocenters. The molecule has 0 saturated heterocycles. The van der Waals surface area contributed by atoms with Crippen molar-refractivity contribution in [2.75, 3.05) is 7.11 Å². The Morgan fingerprint density at radius 1 is 1.43 bits per heavy atom. The minimum Gasteiger partial charge on any atom is -0.493 e. The number of methoxy groups -OCH3 is 1. The van der Waals surface area contributed by atoms with Gasteiger partial charge in [0.1, 0.15) is 0 Å². The third kappa shape index (κ3) is 3.14. The zero-order valence-corrected chi connectivity index (χ0v) is 14.1. The number of hydrogen-bond acceptors (Lipinski definition) is 4. The topological polar surface area (TPSA) is 68.8 Å². The predicted molar refractivity (Wildman–Crippen MR) is 90.9 cm³/mol. The first-order valence-electron chi connectivity index (χ1n) is 6.80. The average molecular weight is 376 g/mol. The average Bonchev–Trinajstić information content (AvgIpc) is 3.12. The number of hydrogen-bond donors (Lipinski definition) is 1. The summed E-state index contributed by atoms with van der Waals surface area (Å²) in [6.07, 6.45) is 3.46. The zero-order valence-electron chi connectivity index (χ0n) is 12.5. The zero-order chi connectivity index (χ0) is 16.4. The van der Waals surface area contributed by atoms with Gasteiger partial charge in [0.2, 0.25) is 0 Å². The molecule has 2 heterocycles. The van der Waals surface area contributed by atoms with Crippen LogP contribution in [0.15, 0.2) is 50.5 Å². The molecule has 2 aromatic heterocycles. The van der Waals surface area contributed by atoms with Gasteiger partial charge in [0.15, 0.2) is 17.1 Å². The molecule has 6 nitrogen and oxygen atoms in total. The Balaban J connectivity index is 1.81. The van der Waals surface area contributed by atoms with E-state index in [0.717, 1.165) is 15.6 Å². The van der Waals surface area contributed by atoms with Gasteiger partial charge in [0, 0.05) is 23.1 Å². The Hall–Kier alpha value is -2.54. The summed E-state index contributed by atoms with van der Waals surface area (Å²) in [6, 6.07) is 9.06. The van der Waals surface area contributed by atoms with E-state index in [1.165, 1.54) is 0 Å². The van der Waals surface area contributed by atoms with Gasteiger partial charge in [-0.1, -0.05) is 15.9 Å². The molecule has 3 aromatic rings. The maximum Gasteiger partial charge on any atom is 0.307 e. The summed E-state index contributed by atoms with van der Waals surface area (Å²) in [5, 5.41) is 4.71. The molecule has 0 radical (unpaired) electrons. The largest absolute Gasteiger partial charge is 0.493 e. The molecule has 0 aliphatic rings. The van der Waals surface area contributed by atoms with Crippen LogP contribution in [-0.2, 0) is 7.05 Å². The first kappa shape index (κ1) is 15.4. The van der Waals surface area contributed by atoms with E-state index in [4.69, 9.17) is 9.15 Å². The Bertz CT molecular complexity index is 895. The second-order valence-corrected chi connectivity index (χ2v) is 5.80. The fourth-order valence-electron chi connectivity index (χ4n) is 2.17. The second-order valence-electron chi connectivity index (χ2n) is 4.88. The first-order valence-corrected chi connectivity index (χ1v) is 7.59. The Labute approximate surface area is 140 Å². The highest BCUT2D eigenvalue weighted by atomic mass is 79.9. The maximum atomic E-state index is 12.1. The summed E-state index contributed by atoms with van der Waals surface area (Å²) in [6.45, 7) is 0. The fourth-order valence-corrected chi connectivity index (χ4v) is 2.62. The molecule has 0 fully saturated rings. The number of furan rings is 1. The van der Waals surface area contributed by atoms with E-state index in [1.54, 1.807) is 25.5 Å². The van der Waals surface area contributed by atoms with Crippen LogP contribution in [0.4, 0.5) is 0 Å². The summed E-state index contributed by atoms with van der Waals surface area (Å²) in [4.78, 5) is 12.1. The summed E-state index contributed by atoms with van der Waals surface area (Å²) in [5.74, 6) is 0.297. The van der Waals surface area contributed by atoms with Gasteiger partial charge >= 0.3 is 5.91 Å². The fraction of sp³-hybridized carbons (Fsp3) is 0.125. The first-order chi connectivity index (χ1) is 11.1. The minimum absolute atomic E-state index is 0.167. The molecule has 0 saturated carbocycles. The summed E-state index contributed by atoms with van der Waals surface area (Å²) >= 11 is 3.39. The number of nitrogens with zero attached hydrogens (tertiary/aromatic N) is 2. The van der Waals surface area contributed by atoms with Crippen molar-refractivity contribution in [1.82, 2.24) is 9.99 Å².